The summed E-state index contributed by atoms with van der Waals surface area (Å²) >= 11 is 0. The Hall–Kier alpha value is -1.35. The van der Waals surface area contributed by atoms with Crippen molar-refractivity contribution in [3.8, 4) is 5.75 Å². The van der Waals surface area contributed by atoms with E-state index in [4.69, 9.17) is 4.74 Å². The first-order valence-corrected chi connectivity index (χ1v) is 7.53. The van der Waals surface area contributed by atoms with Crippen LogP contribution in [0.3, 0.4) is 0 Å². The average Bonchev–Trinajstić information content (AvgIpc) is 2.38. The Balaban J connectivity index is 1.93. The van der Waals surface area contributed by atoms with Crippen LogP contribution in [-0.2, 0) is 0 Å². The molecule has 2 bridgehead atoms. The molecule has 2 unspecified atom stereocenters. The zero-order valence-electron chi connectivity index (χ0n) is 12.2. The molecule has 1 aromatic carbocycles. The van der Waals surface area contributed by atoms with Gasteiger partial charge in [-0.15, -0.1) is 0 Å². The Bertz CT molecular complexity index is 526. The molecule has 0 aliphatic carbocycles. The van der Waals surface area contributed by atoms with Crippen LogP contribution in [0, 0.1) is 5.82 Å². The molecular weight excluding hydrogens is 253 g/mol. The fraction of sp³-hybridized carbons (Fsp3) is 0.529. The van der Waals surface area contributed by atoms with Gasteiger partial charge in [0, 0.05) is 18.2 Å². The summed E-state index contributed by atoms with van der Waals surface area (Å²) in [6.45, 7) is 2.49. The fourth-order valence-corrected chi connectivity index (χ4v) is 3.45. The minimum atomic E-state index is -0.212. The van der Waals surface area contributed by atoms with E-state index in [0.717, 1.165) is 12.0 Å². The summed E-state index contributed by atoms with van der Waals surface area (Å²) in [7, 11) is 2.21. The molecule has 0 radical (unpaired) electrons. The molecule has 0 N–H and O–H groups in total. The normalized spacial score (nSPS) is 26.2. The van der Waals surface area contributed by atoms with Crippen molar-refractivity contribution >= 4 is 5.57 Å². The van der Waals surface area contributed by atoms with Gasteiger partial charge < -0.3 is 4.74 Å². The maximum atomic E-state index is 13.8. The molecule has 20 heavy (non-hydrogen) atoms. The quantitative estimate of drug-likeness (QED) is 0.830. The van der Waals surface area contributed by atoms with Crippen LogP contribution in [0.25, 0.3) is 5.57 Å². The molecule has 2 aliphatic rings. The van der Waals surface area contributed by atoms with E-state index < -0.39 is 0 Å². The lowest BCUT2D eigenvalue weighted by atomic mass is 9.83. The lowest BCUT2D eigenvalue weighted by Gasteiger charge is -2.42. The second-order valence-corrected chi connectivity index (χ2v) is 5.82. The summed E-state index contributed by atoms with van der Waals surface area (Å²) in [6.07, 6.45) is 7.10. The van der Waals surface area contributed by atoms with Crippen LogP contribution in [0.15, 0.2) is 24.3 Å². The van der Waals surface area contributed by atoms with Crippen LogP contribution in [0.1, 0.15) is 38.2 Å². The van der Waals surface area contributed by atoms with Gasteiger partial charge in [-0.3, -0.25) is 4.90 Å². The van der Waals surface area contributed by atoms with Crippen molar-refractivity contribution in [2.24, 2.45) is 0 Å². The van der Waals surface area contributed by atoms with Gasteiger partial charge in [-0.1, -0.05) is 12.5 Å². The van der Waals surface area contributed by atoms with Crippen molar-refractivity contribution in [3.05, 3.63) is 35.7 Å². The third kappa shape index (κ3) is 2.59. The third-order valence-corrected chi connectivity index (χ3v) is 4.54. The van der Waals surface area contributed by atoms with Crippen molar-refractivity contribution in [1.29, 1.82) is 0 Å². The molecule has 0 aromatic heterocycles. The van der Waals surface area contributed by atoms with E-state index in [1.54, 1.807) is 6.07 Å². The molecule has 3 heteroatoms. The van der Waals surface area contributed by atoms with Gasteiger partial charge in [0.2, 0.25) is 0 Å². The Kier molecular flexibility index (Phi) is 3.79. The lowest BCUT2D eigenvalue weighted by Crippen LogP contribution is -2.45. The van der Waals surface area contributed by atoms with Gasteiger partial charge in [0.15, 0.2) is 0 Å². The van der Waals surface area contributed by atoms with Crippen LogP contribution < -0.4 is 4.74 Å². The van der Waals surface area contributed by atoms with Gasteiger partial charge in [-0.25, -0.2) is 4.39 Å². The first kappa shape index (κ1) is 13.6. The van der Waals surface area contributed by atoms with Crippen molar-refractivity contribution in [2.75, 3.05) is 13.7 Å². The van der Waals surface area contributed by atoms with E-state index in [-0.39, 0.29) is 5.82 Å². The Labute approximate surface area is 120 Å². The molecular formula is C17H22FNO. The molecule has 2 atom stereocenters. The number of halogens is 1. The molecule has 1 saturated heterocycles. The maximum Gasteiger partial charge on any atom is 0.127 e. The summed E-state index contributed by atoms with van der Waals surface area (Å²) in [5.74, 6) is 0.420. The van der Waals surface area contributed by atoms with Gasteiger partial charge in [0.1, 0.15) is 11.6 Å². The van der Waals surface area contributed by atoms with E-state index in [0.29, 0.717) is 24.4 Å². The molecule has 2 heterocycles. The van der Waals surface area contributed by atoms with Gasteiger partial charge in [-0.2, -0.15) is 0 Å². The standard InChI is InChI=1S/C17H22FNO/c1-3-20-17-10-12(7-14(18)11-17)13-8-15-5-4-6-16(9-13)19(15)2/h7-8,10-11,15-16H,3-6,9H2,1-2H3. The number of likely N-dealkylation sites (N-methyl/N-ethyl adjacent to an activating group) is 1. The average molecular weight is 275 g/mol. The van der Waals surface area contributed by atoms with E-state index in [2.05, 4.69) is 18.0 Å². The predicted molar refractivity (Wildman–Crippen MR) is 79.4 cm³/mol. The fourth-order valence-electron chi connectivity index (χ4n) is 3.45. The highest BCUT2D eigenvalue weighted by Crippen LogP contribution is 2.37. The highest BCUT2D eigenvalue weighted by molar-refractivity contribution is 5.69. The molecule has 0 amide bonds. The Morgan fingerprint density at radius 2 is 2.15 bits per heavy atom. The smallest absolute Gasteiger partial charge is 0.127 e. The number of hydrogen-bond acceptors (Lipinski definition) is 2. The van der Waals surface area contributed by atoms with Crippen LogP contribution >= 0.6 is 0 Å². The van der Waals surface area contributed by atoms with Crippen LogP contribution in [0.2, 0.25) is 0 Å². The molecule has 0 spiro atoms. The number of fused-ring (bicyclic) bond motifs is 2. The van der Waals surface area contributed by atoms with Gasteiger partial charge in [0.05, 0.1) is 6.61 Å². The van der Waals surface area contributed by atoms with E-state index in [1.807, 2.05) is 13.0 Å². The minimum Gasteiger partial charge on any atom is -0.494 e. The number of piperidine rings is 1. The summed E-state index contributed by atoms with van der Waals surface area (Å²) in [4.78, 5) is 2.47. The highest BCUT2D eigenvalue weighted by atomic mass is 19.1. The summed E-state index contributed by atoms with van der Waals surface area (Å²) in [5.41, 5.74) is 2.26. The minimum absolute atomic E-state index is 0.212. The third-order valence-electron chi connectivity index (χ3n) is 4.54. The summed E-state index contributed by atoms with van der Waals surface area (Å²) in [5, 5.41) is 0. The van der Waals surface area contributed by atoms with Crippen LogP contribution in [-0.4, -0.2) is 30.6 Å². The van der Waals surface area contributed by atoms with Gasteiger partial charge >= 0.3 is 0 Å². The first-order valence-electron chi connectivity index (χ1n) is 7.53. The van der Waals surface area contributed by atoms with Crippen LogP contribution in [0.5, 0.6) is 5.75 Å². The monoisotopic (exact) mass is 275 g/mol. The van der Waals surface area contributed by atoms with Crippen molar-refractivity contribution in [2.45, 2.75) is 44.7 Å². The number of ether oxygens (including phenoxy) is 1. The molecule has 1 fully saturated rings. The maximum absolute atomic E-state index is 13.8. The van der Waals surface area contributed by atoms with Crippen molar-refractivity contribution in [3.63, 3.8) is 0 Å². The number of rotatable bonds is 3. The largest absolute Gasteiger partial charge is 0.494 e. The van der Waals surface area contributed by atoms with Gasteiger partial charge in [-0.05, 0) is 56.5 Å². The van der Waals surface area contributed by atoms with Crippen molar-refractivity contribution in [1.82, 2.24) is 4.90 Å². The molecule has 1 aromatic rings. The van der Waals surface area contributed by atoms with E-state index in [1.165, 1.54) is 30.9 Å². The highest BCUT2D eigenvalue weighted by Gasteiger charge is 2.31. The number of nitrogens with zero attached hydrogens (tertiary/aromatic N) is 1. The van der Waals surface area contributed by atoms with E-state index in [9.17, 15) is 4.39 Å². The SMILES string of the molecule is CCOc1cc(F)cc(C2=CC3CCCC(C2)N3C)c1. The predicted octanol–water partition coefficient (Wildman–Crippen LogP) is 3.86. The Morgan fingerprint density at radius 1 is 1.30 bits per heavy atom. The molecule has 2 aliphatic heterocycles. The van der Waals surface area contributed by atoms with Crippen molar-refractivity contribution < 1.29 is 9.13 Å². The summed E-state index contributed by atoms with van der Waals surface area (Å²) in [6, 6.07) is 6.18. The zero-order valence-corrected chi connectivity index (χ0v) is 12.2. The first-order chi connectivity index (χ1) is 9.67. The molecule has 3 rings (SSSR count). The number of hydrogen-bond donors (Lipinski definition) is 0. The van der Waals surface area contributed by atoms with Crippen LogP contribution in [0.4, 0.5) is 4.39 Å². The zero-order chi connectivity index (χ0) is 14.1. The summed E-state index contributed by atoms with van der Waals surface area (Å²) < 4.78 is 19.2. The Morgan fingerprint density at radius 3 is 2.90 bits per heavy atom. The number of benzene rings is 1. The van der Waals surface area contributed by atoms with E-state index >= 15 is 0 Å². The van der Waals surface area contributed by atoms with Gasteiger partial charge in [0.25, 0.3) is 0 Å². The molecule has 108 valence electrons. The second-order valence-electron chi connectivity index (χ2n) is 5.82. The topological polar surface area (TPSA) is 12.5 Å². The second kappa shape index (κ2) is 5.57. The molecule has 0 saturated carbocycles. The lowest BCUT2D eigenvalue weighted by molar-refractivity contribution is 0.137. The molecule has 2 nitrogen and oxygen atoms in total.